The monoisotopic (exact) mass is 335 g/mol. The van der Waals surface area contributed by atoms with Crippen LogP contribution in [0.4, 0.5) is 5.69 Å². The lowest BCUT2D eigenvalue weighted by Crippen LogP contribution is -2.06. The zero-order chi connectivity index (χ0) is 11.6. The van der Waals surface area contributed by atoms with E-state index in [2.05, 4.69) is 31.9 Å². The van der Waals surface area contributed by atoms with Crippen LogP contribution in [-0.4, -0.2) is 16.0 Å². The minimum atomic E-state index is -0.493. The molecule has 0 saturated carbocycles. The molecule has 0 aliphatic heterocycles. The molecule has 1 rings (SSSR count). The maximum atomic E-state index is 11.5. The number of rotatable bonds is 3. The molecule has 0 fully saturated rings. The molecule has 6 heteroatoms. The van der Waals surface area contributed by atoms with Gasteiger partial charge < -0.3 is 0 Å². The predicted molar refractivity (Wildman–Crippen MR) is 63.7 cm³/mol. The lowest BCUT2D eigenvalue weighted by atomic mass is 10.0. The van der Waals surface area contributed by atoms with Crippen molar-refractivity contribution in [3.63, 3.8) is 0 Å². The Morgan fingerprint density at radius 1 is 1.53 bits per heavy atom. The molecular formula is C9H7Br2NO3. The van der Waals surface area contributed by atoms with Crippen molar-refractivity contribution in [2.45, 2.75) is 6.92 Å². The number of alkyl halides is 1. The van der Waals surface area contributed by atoms with Crippen LogP contribution < -0.4 is 0 Å². The van der Waals surface area contributed by atoms with Crippen LogP contribution in [0.5, 0.6) is 0 Å². The highest BCUT2D eigenvalue weighted by molar-refractivity contribution is 9.10. The summed E-state index contributed by atoms with van der Waals surface area (Å²) in [4.78, 5) is 21.7. The number of benzene rings is 1. The van der Waals surface area contributed by atoms with Crippen molar-refractivity contribution in [3.8, 4) is 0 Å². The fraction of sp³-hybridized carbons (Fsp3) is 0.222. The number of nitro groups is 1. The molecule has 0 heterocycles. The fourth-order valence-electron chi connectivity index (χ4n) is 1.27. The van der Waals surface area contributed by atoms with E-state index < -0.39 is 4.92 Å². The summed E-state index contributed by atoms with van der Waals surface area (Å²) in [6.07, 6.45) is 0. The van der Waals surface area contributed by atoms with E-state index in [-0.39, 0.29) is 16.8 Å². The Hall–Kier alpha value is -0.750. The molecule has 0 aliphatic carbocycles. The van der Waals surface area contributed by atoms with Crippen molar-refractivity contribution in [1.29, 1.82) is 0 Å². The van der Waals surface area contributed by atoms with Crippen LogP contribution in [0.3, 0.4) is 0 Å². The van der Waals surface area contributed by atoms with Gasteiger partial charge in [-0.1, -0.05) is 31.9 Å². The largest absolute Gasteiger partial charge is 0.293 e. The van der Waals surface area contributed by atoms with Gasteiger partial charge in [-0.25, -0.2) is 0 Å². The molecule has 0 radical (unpaired) electrons. The van der Waals surface area contributed by atoms with Gasteiger partial charge in [0.25, 0.3) is 5.69 Å². The maximum Gasteiger partial charge on any atom is 0.273 e. The van der Waals surface area contributed by atoms with Gasteiger partial charge in [0.05, 0.1) is 10.3 Å². The average Bonchev–Trinajstić information content (AvgIpc) is 2.16. The quantitative estimate of drug-likeness (QED) is 0.368. The van der Waals surface area contributed by atoms with E-state index >= 15 is 0 Å². The first kappa shape index (κ1) is 12.3. The van der Waals surface area contributed by atoms with Crippen molar-refractivity contribution in [2.24, 2.45) is 0 Å². The SMILES string of the molecule is Cc1c([N+](=O)[O-])ccc(Br)c1C(=O)CBr. The zero-order valence-electron chi connectivity index (χ0n) is 7.79. The number of carbonyl (C=O) groups is 1. The molecule has 0 N–H and O–H groups in total. The second kappa shape index (κ2) is 4.85. The number of nitro benzene ring substituents is 1. The number of nitrogens with zero attached hydrogens (tertiary/aromatic N) is 1. The molecule has 0 amide bonds. The van der Waals surface area contributed by atoms with Crippen LogP contribution in [0.2, 0.25) is 0 Å². The van der Waals surface area contributed by atoms with Gasteiger partial charge in [0.1, 0.15) is 0 Å². The lowest BCUT2D eigenvalue weighted by Gasteiger charge is -2.06. The Bertz CT molecular complexity index is 432. The molecule has 0 spiro atoms. The summed E-state index contributed by atoms with van der Waals surface area (Å²) < 4.78 is 0.579. The Morgan fingerprint density at radius 3 is 2.60 bits per heavy atom. The molecular weight excluding hydrogens is 330 g/mol. The van der Waals surface area contributed by atoms with E-state index in [4.69, 9.17) is 0 Å². The van der Waals surface area contributed by atoms with Gasteiger partial charge in [-0.15, -0.1) is 0 Å². The van der Waals surface area contributed by atoms with Crippen LogP contribution in [0.25, 0.3) is 0 Å². The Balaban J connectivity index is 3.43. The average molecular weight is 337 g/mol. The maximum absolute atomic E-state index is 11.5. The number of carbonyl (C=O) groups excluding carboxylic acids is 1. The highest BCUT2D eigenvalue weighted by Crippen LogP contribution is 2.28. The second-order valence-corrected chi connectivity index (χ2v) is 4.30. The molecule has 1 aromatic carbocycles. The van der Waals surface area contributed by atoms with Crippen molar-refractivity contribution in [1.82, 2.24) is 0 Å². The van der Waals surface area contributed by atoms with Crippen molar-refractivity contribution in [3.05, 3.63) is 37.8 Å². The summed E-state index contributed by atoms with van der Waals surface area (Å²) in [5, 5.41) is 10.8. The van der Waals surface area contributed by atoms with Crippen LogP contribution in [0.15, 0.2) is 16.6 Å². The van der Waals surface area contributed by atoms with Crippen molar-refractivity contribution < 1.29 is 9.72 Å². The van der Waals surface area contributed by atoms with Gasteiger partial charge in [-0.2, -0.15) is 0 Å². The highest BCUT2D eigenvalue weighted by atomic mass is 79.9. The Morgan fingerprint density at radius 2 is 2.13 bits per heavy atom. The molecule has 0 saturated heterocycles. The number of Topliss-reactive ketones (excluding diaryl/α,β-unsaturated/α-hetero) is 1. The van der Waals surface area contributed by atoms with Crippen LogP contribution in [0, 0.1) is 17.0 Å². The molecule has 0 aliphatic rings. The third-order valence-electron chi connectivity index (χ3n) is 1.98. The normalized spacial score (nSPS) is 10.1. The summed E-state index contributed by atoms with van der Waals surface area (Å²) in [6.45, 7) is 1.57. The molecule has 15 heavy (non-hydrogen) atoms. The van der Waals surface area contributed by atoms with E-state index in [1.165, 1.54) is 12.1 Å². The smallest absolute Gasteiger partial charge is 0.273 e. The van der Waals surface area contributed by atoms with Gasteiger partial charge in [0.15, 0.2) is 5.78 Å². The molecule has 0 bridgehead atoms. The van der Waals surface area contributed by atoms with Crippen LogP contribution >= 0.6 is 31.9 Å². The minimum Gasteiger partial charge on any atom is -0.293 e. The first-order chi connectivity index (χ1) is 6.99. The van der Waals surface area contributed by atoms with E-state index in [9.17, 15) is 14.9 Å². The molecule has 4 nitrogen and oxygen atoms in total. The Labute approximate surface area is 103 Å². The summed E-state index contributed by atoms with van der Waals surface area (Å²) in [5.41, 5.74) is 0.711. The molecule has 0 aromatic heterocycles. The Kier molecular flexibility index (Phi) is 3.98. The molecule has 0 atom stereocenters. The fourth-order valence-corrected chi connectivity index (χ4v) is 2.21. The lowest BCUT2D eigenvalue weighted by molar-refractivity contribution is -0.385. The van der Waals surface area contributed by atoms with Crippen molar-refractivity contribution in [2.75, 3.05) is 5.33 Å². The summed E-state index contributed by atoms with van der Waals surface area (Å²) in [6, 6.07) is 2.89. The molecule has 0 unspecified atom stereocenters. The third kappa shape index (κ3) is 2.43. The second-order valence-electron chi connectivity index (χ2n) is 2.88. The summed E-state index contributed by atoms with van der Waals surface area (Å²) in [5.74, 6) is -0.178. The van der Waals surface area contributed by atoms with E-state index in [1.54, 1.807) is 6.92 Å². The standard InChI is InChI=1S/C9H7Br2NO3/c1-5-7(12(14)15)3-2-6(11)9(5)8(13)4-10/h2-3H,4H2,1H3. The summed E-state index contributed by atoms with van der Waals surface area (Å²) in [7, 11) is 0. The van der Waals surface area contributed by atoms with E-state index in [1.807, 2.05) is 0 Å². The van der Waals surface area contributed by atoms with Gasteiger partial charge in [0.2, 0.25) is 0 Å². The first-order valence-electron chi connectivity index (χ1n) is 4.01. The zero-order valence-corrected chi connectivity index (χ0v) is 11.0. The number of hydrogen-bond donors (Lipinski definition) is 0. The van der Waals surface area contributed by atoms with E-state index in [0.29, 0.717) is 15.6 Å². The minimum absolute atomic E-state index is 0.0394. The molecule has 1 aromatic rings. The van der Waals surface area contributed by atoms with Crippen LogP contribution in [0.1, 0.15) is 15.9 Å². The van der Waals surface area contributed by atoms with Gasteiger partial charge in [-0.3, -0.25) is 14.9 Å². The number of ketones is 1. The van der Waals surface area contributed by atoms with Crippen LogP contribution in [-0.2, 0) is 0 Å². The number of halogens is 2. The molecule has 80 valence electrons. The topological polar surface area (TPSA) is 60.2 Å². The van der Waals surface area contributed by atoms with Gasteiger partial charge >= 0.3 is 0 Å². The summed E-state index contributed by atoms with van der Waals surface area (Å²) >= 11 is 6.25. The first-order valence-corrected chi connectivity index (χ1v) is 5.93. The van der Waals surface area contributed by atoms with E-state index in [0.717, 1.165) is 0 Å². The predicted octanol–water partition coefficient (Wildman–Crippen LogP) is 3.24. The number of hydrogen-bond acceptors (Lipinski definition) is 3. The highest BCUT2D eigenvalue weighted by Gasteiger charge is 2.20. The van der Waals surface area contributed by atoms with Gasteiger partial charge in [0, 0.05) is 21.7 Å². The van der Waals surface area contributed by atoms with Crippen molar-refractivity contribution >= 4 is 43.3 Å². The third-order valence-corrected chi connectivity index (χ3v) is 3.15. The van der Waals surface area contributed by atoms with Gasteiger partial charge in [-0.05, 0) is 13.0 Å².